The Bertz CT molecular complexity index is 353. The molecule has 1 saturated heterocycles. The summed E-state index contributed by atoms with van der Waals surface area (Å²) in [5, 5.41) is 3.93. The molecule has 15 heavy (non-hydrogen) atoms. The number of carbonyl (C=O) groups is 1. The first-order chi connectivity index (χ1) is 7.28. The summed E-state index contributed by atoms with van der Waals surface area (Å²) in [5.74, 6) is 0.749. The van der Waals surface area contributed by atoms with E-state index >= 15 is 0 Å². The molecule has 1 unspecified atom stereocenters. The van der Waals surface area contributed by atoms with Gasteiger partial charge >= 0.3 is 5.97 Å². The van der Waals surface area contributed by atoms with Gasteiger partial charge in [0.25, 0.3) is 0 Å². The van der Waals surface area contributed by atoms with Gasteiger partial charge in [0.15, 0.2) is 0 Å². The first kappa shape index (κ1) is 10.4. The Morgan fingerprint density at radius 3 is 3.13 bits per heavy atom. The lowest BCUT2D eigenvalue weighted by atomic mass is 10.2. The average Bonchev–Trinajstić information content (AvgIpc) is 2.83. The zero-order chi connectivity index (χ0) is 10.7. The number of carbonyl (C=O) groups excluding carboxylic acids is 1. The lowest BCUT2D eigenvalue weighted by Crippen LogP contribution is -2.19. The molecule has 1 aromatic heterocycles. The number of esters is 1. The van der Waals surface area contributed by atoms with E-state index in [9.17, 15) is 4.79 Å². The van der Waals surface area contributed by atoms with Gasteiger partial charge in [-0.15, -0.1) is 0 Å². The summed E-state index contributed by atoms with van der Waals surface area (Å²) in [5.41, 5.74) is 0. The minimum Gasteiger partial charge on any atom is -0.460 e. The van der Waals surface area contributed by atoms with E-state index in [0.29, 0.717) is 13.0 Å². The summed E-state index contributed by atoms with van der Waals surface area (Å²) in [7, 11) is 0. The number of aromatic nitrogens is 2. The third kappa shape index (κ3) is 2.65. The maximum Gasteiger partial charge on any atom is 0.306 e. The molecule has 1 aliphatic heterocycles. The van der Waals surface area contributed by atoms with Crippen molar-refractivity contribution in [3.05, 3.63) is 5.82 Å². The van der Waals surface area contributed by atoms with Gasteiger partial charge in [0.2, 0.25) is 5.13 Å². The third-order valence-electron chi connectivity index (χ3n) is 2.23. The van der Waals surface area contributed by atoms with Crippen LogP contribution in [0.5, 0.6) is 0 Å². The fraction of sp³-hybridized carbons (Fsp3) is 0.667. The number of ether oxygens (including phenoxy) is 1. The van der Waals surface area contributed by atoms with Crippen LogP contribution in [0.3, 0.4) is 0 Å². The van der Waals surface area contributed by atoms with Crippen LogP contribution in [0.4, 0.5) is 5.13 Å². The van der Waals surface area contributed by atoms with Crippen LogP contribution in [0.2, 0.25) is 0 Å². The van der Waals surface area contributed by atoms with E-state index in [2.05, 4.69) is 14.7 Å². The molecule has 2 heterocycles. The summed E-state index contributed by atoms with van der Waals surface area (Å²) >= 11 is 1.35. The highest BCUT2D eigenvalue weighted by Gasteiger charge is 2.23. The summed E-state index contributed by atoms with van der Waals surface area (Å²) in [6.07, 6.45) is 2.16. The molecule has 1 atom stereocenters. The van der Waals surface area contributed by atoms with Crippen LogP contribution < -0.4 is 5.32 Å². The second-order valence-corrected chi connectivity index (χ2v) is 4.15. The number of nitrogens with zero attached hydrogens (tertiary/aromatic N) is 2. The summed E-state index contributed by atoms with van der Waals surface area (Å²) in [6, 6.07) is 0. The number of nitrogens with one attached hydrogen (secondary N) is 1. The monoisotopic (exact) mass is 227 g/mol. The Balaban J connectivity index is 1.80. The first-order valence-corrected chi connectivity index (χ1v) is 5.81. The molecule has 0 spiro atoms. The number of hydrogen-bond acceptors (Lipinski definition) is 6. The highest BCUT2D eigenvalue weighted by atomic mass is 32.1. The van der Waals surface area contributed by atoms with Crippen LogP contribution in [0, 0.1) is 0 Å². The lowest BCUT2D eigenvalue weighted by molar-refractivity contribution is -0.140. The Hall–Kier alpha value is -1.17. The van der Waals surface area contributed by atoms with Gasteiger partial charge in [0, 0.05) is 24.4 Å². The Morgan fingerprint density at radius 2 is 2.53 bits per heavy atom. The zero-order valence-corrected chi connectivity index (χ0v) is 9.34. The fourth-order valence-corrected chi connectivity index (χ4v) is 2.05. The van der Waals surface area contributed by atoms with Crippen molar-refractivity contribution in [1.82, 2.24) is 9.36 Å². The molecule has 0 aliphatic carbocycles. The summed E-state index contributed by atoms with van der Waals surface area (Å²) in [4.78, 5) is 15.1. The lowest BCUT2D eigenvalue weighted by Gasteiger charge is -2.08. The van der Waals surface area contributed by atoms with Gasteiger partial charge in [-0.05, 0) is 6.42 Å². The molecule has 1 N–H and O–H groups in total. The van der Waals surface area contributed by atoms with E-state index in [-0.39, 0.29) is 12.1 Å². The van der Waals surface area contributed by atoms with Crippen molar-refractivity contribution >= 4 is 22.6 Å². The van der Waals surface area contributed by atoms with Crippen molar-refractivity contribution in [1.29, 1.82) is 0 Å². The van der Waals surface area contributed by atoms with Gasteiger partial charge in [-0.1, -0.05) is 6.92 Å². The van der Waals surface area contributed by atoms with Crippen molar-refractivity contribution in [3.63, 3.8) is 0 Å². The van der Waals surface area contributed by atoms with Crippen LogP contribution in [0.25, 0.3) is 0 Å². The molecule has 0 aromatic carbocycles. The van der Waals surface area contributed by atoms with Crippen molar-refractivity contribution < 1.29 is 9.53 Å². The van der Waals surface area contributed by atoms with Gasteiger partial charge in [0.05, 0.1) is 6.54 Å². The maximum absolute atomic E-state index is 10.8. The molecule has 2 rings (SSSR count). The van der Waals surface area contributed by atoms with Crippen LogP contribution in [-0.4, -0.2) is 28.0 Å². The number of rotatable bonds is 4. The van der Waals surface area contributed by atoms with Crippen molar-refractivity contribution in [2.75, 3.05) is 11.9 Å². The smallest absolute Gasteiger partial charge is 0.306 e. The predicted molar refractivity (Wildman–Crippen MR) is 56.9 cm³/mol. The predicted octanol–water partition coefficient (Wildman–Crippen LogP) is 1.22. The van der Waals surface area contributed by atoms with Gasteiger partial charge in [-0.3, -0.25) is 4.79 Å². The minimum atomic E-state index is -0.103. The number of hydrogen-bond donors (Lipinski definition) is 1. The van der Waals surface area contributed by atoms with Crippen LogP contribution in [0.1, 0.15) is 25.6 Å². The summed E-state index contributed by atoms with van der Waals surface area (Å²) < 4.78 is 9.23. The van der Waals surface area contributed by atoms with Crippen molar-refractivity contribution in [2.24, 2.45) is 0 Å². The van der Waals surface area contributed by atoms with Crippen LogP contribution >= 0.6 is 11.5 Å². The average molecular weight is 227 g/mol. The quantitative estimate of drug-likeness (QED) is 0.783. The second-order valence-electron chi connectivity index (χ2n) is 3.40. The highest BCUT2D eigenvalue weighted by Crippen LogP contribution is 2.16. The van der Waals surface area contributed by atoms with E-state index in [4.69, 9.17) is 4.74 Å². The van der Waals surface area contributed by atoms with Crippen LogP contribution in [-0.2, 0) is 16.0 Å². The number of aryl methyl sites for hydroxylation is 1. The van der Waals surface area contributed by atoms with Gasteiger partial charge in [-0.2, -0.15) is 4.37 Å². The van der Waals surface area contributed by atoms with Gasteiger partial charge in [0.1, 0.15) is 11.9 Å². The number of anilines is 1. The largest absolute Gasteiger partial charge is 0.460 e. The van der Waals surface area contributed by atoms with E-state index in [1.165, 1.54) is 11.5 Å². The molecular formula is C9H13N3O2S. The molecule has 1 fully saturated rings. The Kier molecular flexibility index (Phi) is 3.15. The molecule has 0 bridgehead atoms. The van der Waals surface area contributed by atoms with Gasteiger partial charge < -0.3 is 10.1 Å². The zero-order valence-electron chi connectivity index (χ0n) is 8.52. The van der Waals surface area contributed by atoms with Crippen molar-refractivity contribution in [2.45, 2.75) is 32.3 Å². The van der Waals surface area contributed by atoms with E-state index in [0.717, 1.165) is 23.8 Å². The fourth-order valence-electron chi connectivity index (χ4n) is 1.40. The van der Waals surface area contributed by atoms with Crippen LogP contribution in [0.15, 0.2) is 0 Å². The molecule has 1 aliphatic rings. The molecule has 0 radical (unpaired) electrons. The van der Waals surface area contributed by atoms with Crippen molar-refractivity contribution in [3.8, 4) is 0 Å². The second kappa shape index (κ2) is 4.57. The third-order valence-corrected chi connectivity index (χ3v) is 2.94. The maximum atomic E-state index is 10.8. The minimum absolute atomic E-state index is 0.00789. The topological polar surface area (TPSA) is 64.1 Å². The molecule has 0 amide bonds. The number of cyclic esters (lactones) is 1. The van der Waals surface area contributed by atoms with E-state index in [1.54, 1.807) is 0 Å². The Labute approximate surface area is 92.0 Å². The molecule has 6 heteroatoms. The molecule has 0 saturated carbocycles. The molecule has 1 aromatic rings. The molecule has 82 valence electrons. The first-order valence-electron chi connectivity index (χ1n) is 5.04. The summed E-state index contributed by atoms with van der Waals surface area (Å²) in [6.45, 7) is 2.65. The molecule has 5 nitrogen and oxygen atoms in total. The standard InChI is InChI=1S/C9H13N3O2S/c1-2-7-11-9(15-12-7)10-5-6-3-4-8(13)14-6/h6H,2-5H2,1H3,(H,10,11,12). The SMILES string of the molecule is CCc1nsc(NCC2CCC(=O)O2)n1. The molecular weight excluding hydrogens is 214 g/mol. The Morgan fingerprint density at radius 1 is 1.67 bits per heavy atom. The normalized spacial score (nSPS) is 20.3. The van der Waals surface area contributed by atoms with E-state index in [1.807, 2.05) is 6.92 Å². The van der Waals surface area contributed by atoms with E-state index < -0.39 is 0 Å². The van der Waals surface area contributed by atoms with Gasteiger partial charge in [-0.25, -0.2) is 4.98 Å². The highest BCUT2D eigenvalue weighted by molar-refractivity contribution is 7.09.